The Morgan fingerprint density at radius 1 is 1.04 bits per heavy atom. The third-order valence-electron chi connectivity index (χ3n) is 3.24. The molecule has 0 aromatic heterocycles. The zero-order valence-corrected chi connectivity index (χ0v) is 15.3. The van der Waals surface area contributed by atoms with Gasteiger partial charge in [-0.3, -0.25) is 4.79 Å². The van der Waals surface area contributed by atoms with E-state index in [1.807, 2.05) is 0 Å². The molecule has 1 amide bonds. The van der Waals surface area contributed by atoms with Crippen molar-refractivity contribution in [2.75, 3.05) is 26.1 Å². The van der Waals surface area contributed by atoms with Crippen LogP contribution < -0.4 is 14.8 Å². The van der Waals surface area contributed by atoms with Crippen LogP contribution in [0.5, 0.6) is 11.5 Å². The highest BCUT2D eigenvalue weighted by atomic mass is 35.5. The van der Waals surface area contributed by atoms with Crippen LogP contribution in [0.4, 0.5) is 10.1 Å². The van der Waals surface area contributed by atoms with Crippen LogP contribution in [0, 0.1) is 5.82 Å². The minimum Gasteiger partial charge on any atom is -0.495 e. The summed E-state index contributed by atoms with van der Waals surface area (Å²) < 4.78 is 28.2. The second-order valence-corrected chi connectivity index (χ2v) is 5.75. The molecule has 0 unspecified atom stereocenters. The molecule has 0 aliphatic rings. The highest BCUT2D eigenvalue weighted by Crippen LogP contribution is 2.35. The predicted molar refractivity (Wildman–Crippen MR) is 94.9 cm³/mol. The molecule has 138 valence electrons. The van der Waals surface area contributed by atoms with Crippen molar-refractivity contribution in [2.24, 2.45) is 0 Å². The smallest absolute Gasteiger partial charge is 0.338 e. The van der Waals surface area contributed by atoms with Crippen LogP contribution in [0.3, 0.4) is 0 Å². The van der Waals surface area contributed by atoms with Crippen molar-refractivity contribution in [3.63, 3.8) is 0 Å². The molecule has 2 aromatic carbocycles. The molecule has 1 N–H and O–H groups in total. The van der Waals surface area contributed by atoms with E-state index in [0.717, 1.165) is 12.1 Å². The molecule has 0 heterocycles. The lowest BCUT2D eigenvalue weighted by molar-refractivity contribution is -0.119. The predicted octanol–water partition coefficient (Wildman–Crippen LogP) is 3.95. The molecule has 26 heavy (non-hydrogen) atoms. The maximum absolute atomic E-state index is 13.1. The van der Waals surface area contributed by atoms with Crippen molar-refractivity contribution >= 4 is 40.8 Å². The van der Waals surface area contributed by atoms with E-state index >= 15 is 0 Å². The van der Waals surface area contributed by atoms with Gasteiger partial charge in [-0.2, -0.15) is 0 Å². The molecular weight excluding hydrogens is 388 g/mol. The van der Waals surface area contributed by atoms with Crippen LogP contribution in [0.2, 0.25) is 10.0 Å². The van der Waals surface area contributed by atoms with Crippen molar-refractivity contribution < 1.29 is 28.2 Å². The first kappa shape index (κ1) is 19.8. The molecule has 0 spiro atoms. The van der Waals surface area contributed by atoms with Gasteiger partial charge in [0, 0.05) is 6.07 Å². The van der Waals surface area contributed by atoms with Crippen LogP contribution in [0.15, 0.2) is 30.3 Å². The summed E-state index contributed by atoms with van der Waals surface area (Å²) in [5.41, 5.74) is 0.304. The van der Waals surface area contributed by atoms with Crippen LogP contribution in [0.1, 0.15) is 10.4 Å². The summed E-state index contributed by atoms with van der Waals surface area (Å²) in [4.78, 5) is 23.9. The topological polar surface area (TPSA) is 73.9 Å². The van der Waals surface area contributed by atoms with E-state index in [9.17, 15) is 14.0 Å². The second-order valence-electron chi connectivity index (χ2n) is 4.94. The summed E-state index contributed by atoms with van der Waals surface area (Å²) >= 11 is 11.6. The fourth-order valence-electron chi connectivity index (χ4n) is 1.98. The van der Waals surface area contributed by atoms with Crippen LogP contribution in [0.25, 0.3) is 0 Å². The van der Waals surface area contributed by atoms with Gasteiger partial charge in [-0.15, -0.1) is 0 Å². The Morgan fingerprint density at radius 2 is 1.73 bits per heavy atom. The van der Waals surface area contributed by atoms with Gasteiger partial charge in [-0.05, 0) is 24.3 Å². The molecule has 0 saturated heterocycles. The van der Waals surface area contributed by atoms with Gasteiger partial charge < -0.3 is 19.5 Å². The largest absolute Gasteiger partial charge is 0.495 e. The van der Waals surface area contributed by atoms with Gasteiger partial charge in [0.05, 0.1) is 35.5 Å². The number of hydrogen-bond donors (Lipinski definition) is 1. The lowest BCUT2D eigenvalue weighted by atomic mass is 10.2. The quantitative estimate of drug-likeness (QED) is 0.741. The van der Waals surface area contributed by atoms with Crippen LogP contribution >= 0.6 is 23.2 Å². The Kier molecular flexibility index (Phi) is 6.65. The highest BCUT2D eigenvalue weighted by Gasteiger charge is 2.15. The fraction of sp³-hybridized carbons (Fsp3) is 0.176. The third-order valence-corrected chi connectivity index (χ3v) is 3.82. The number of halogens is 3. The van der Waals surface area contributed by atoms with Gasteiger partial charge in [-0.25, -0.2) is 9.18 Å². The molecular formula is C17H14Cl2FNO5. The number of anilines is 1. The van der Waals surface area contributed by atoms with Gasteiger partial charge in [0.1, 0.15) is 17.3 Å². The van der Waals surface area contributed by atoms with E-state index in [2.05, 4.69) is 5.32 Å². The van der Waals surface area contributed by atoms with Crippen molar-refractivity contribution in [1.29, 1.82) is 0 Å². The molecule has 0 aliphatic carbocycles. The summed E-state index contributed by atoms with van der Waals surface area (Å²) in [5, 5.41) is 2.56. The molecule has 0 fully saturated rings. The maximum Gasteiger partial charge on any atom is 0.338 e. The number of carbonyl (C=O) groups is 2. The lowest BCUT2D eigenvalue weighted by Gasteiger charge is -2.13. The fourth-order valence-corrected chi connectivity index (χ4v) is 2.40. The number of benzene rings is 2. The Bertz CT molecular complexity index is 844. The number of esters is 1. The normalized spacial score (nSPS) is 10.2. The standard InChI is InChI=1S/C17H14Cl2FNO5/c1-24-14-7-15(25-2)13(6-11(14)19)21-16(22)8-26-17(23)9-3-4-12(20)10(18)5-9/h3-7H,8H2,1-2H3,(H,21,22). The highest BCUT2D eigenvalue weighted by molar-refractivity contribution is 6.32. The Balaban J connectivity index is 2.01. The van der Waals surface area contributed by atoms with Gasteiger partial charge in [-0.1, -0.05) is 23.2 Å². The first-order valence-corrected chi connectivity index (χ1v) is 7.94. The molecule has 0 saturated carbocycles. The van der Waals surface area contributed by atoms with Gasteiger partial charge in [0.25, 0.3) is 5.91 Å². The Morgan fingerprint density at radius 3 is 2.35 bits per heavy atom. The van der Waals surface area contributed by atoms with Gasteiger partial charge in [0.15, 0.2) is 6.61 Å². The zero-order valence-electron chi connectivity index (χ0n) is 13.8. The summed E-state index contributed by atoms with van der Waals surface area (Å²) in [6.07, 6.45) is 0. The molecule has 0 bridgehead atoms. The van der Waals surface area contributed by atoms with Gasteiger partial charge >= 0.3 is 5.97 Å². The SMILES string of the molecule is COc1cc(OC)c(NC(=O)COC(=O)c2ccc(F)c(Cl)c2)cc1Cl. The molecule has 2 aromatic rings. The average Bonchev–Trinajstić information content (AvgIpc) is 2.62. The van der Waals surface area contributed by atoms with Crippen molar-refractivity contribution in [3.8, 4) is 11.5 Å². The van der Waals surface area contributed by atoms with E-state index < -0.39 is 24.3 Å². The molecule has 0 atom stereocenters. The average molecular weight is 402 g/mol. The van der Waals surface area contributed by atoms with E-state index in [4.69, 9.17) is 37.4 Å². The van der Waals surface area contributed by atoms with Crippen molar-refractivity contribution in [3.05, 3.63) is 51.8 Å². The Hall–Kier alpha value is -2.51. The summed E-state index contributed by atoms with van der Waals surface area (Å²) in [7, 11) is 2.86. The Labute approximate surface area is 158 Å². The van der Waals surface area contributed by atoms with Crippen LogP contribution in [-0.4, -0.2) is 32.7 Å². The van der Waals surface area contributed by atoms with E-state index in [-0.39, 0.29) is 21.3 Å². The zero-order chi connectivity index (χ0) is 19.3. The van der Waals surface area contributed by atoms with Crippen molar-refractivity contribution in [1.82, 2.24) is 0 Å². The number of carbonyl (C=O) groups excluding carboxylic acids is 2. The molecule has 0 radical (unpaired) electrons. The minimum absolute atomic E-state index is 0.0225. The summed E-state index contributed by atoms with van der Waals surface area (Å²) in [6.45, 7) is -0.569. The number of rotatable bonds is 6. The monoisotopic (exact) mass is 401 g/mol. The second kappa shape index (κ2) is 8.73. The molecule has 0 aliphatic heterocycles. The first-order valence-electron chi connectivity index (χ1n) is 7.19. The number of ether oxygens (including phenoxy) is 3. The molecule has 9 heteroatoms. The summed E-state index contributed by atoms with van der Waals surface area (Å²) in [5.74, 6) is -1.41. The van der Waals surface area contributed by atoms with Crippen LogP contribution in [-0.2, 0) is 9.53 Å². The van der Waals surface area contributed by atoms with E-state index in [1.54, 1.807) is 0 Å². The molecule has 6 nitrogen and oxygen atoms in total. The lowest BCUT2D eigenvalue weighted by Crippen LogP contribution is -2.21. The maximum atomic E-state index is 13.1. The third kappa shape index (κ3) is 4.77. The number of nitrogens with one attached hydrogen (secondary N) is 1. The van der Waals surface area contributed by atoms with Crippen molar-refractivity contribution in [2.45, 2.75) is 0 Å². The number of amides is 1. The number of methoxy groups -OCH3 is 2. The van der Waals surface area contributed by atoms with E-state index in [0.29, 0.717) is 11.5 Å². The van der Waals surface area contributed by atoms with E-state index in [1.165, 1.54) is 32.4 Å². The first-order chi connectivity index (χ1) is 12.3. The van der Waals surface area contributed by atoms with Gasteiger partial charge in [0.2, 0.25) is 0 Å². The minimum atomic E-state index is -0.818. The molecule has 2 rings (SSSR count). The summed E-state index contributed by atoms with van der Waals surface area (Å²) in [6, 6.07) is 6.30. The number of hydrogen-bond acceptors (Lipinski definition) is 5.